The van der Waals surface area contributed by atoms with Crippen molar-refractivity contribution in [2.24, 2.45) is 0 Å². The van der Waals surface area contributed by atoms with Gasteiger partial charge in [-0.05, 0) is 41.4 Å². The lowest BCUT2D eigenvalue weighted by Crippen LogP contribution is -2.27. The minimum atomic E-state index is -0.454. The zero-order valence-electron chi connectivity index (χ0n) is 15.9. The van der Waals surface area contributed by atoms with Crippen LogP contribution >= 0.6 is 0 Å². The third-order valence-corrected chi connectivity index (χ3v) is 6.02. The Labute approximate surface area is 170 Å². The van der Waals surface area contributed by atoms with Crippen molar-refractivity contribution in [2.45, 2.75) is 19.0 Å². The van der Waals surface area contributed by atoms with Crippen molar-refractivity contribution in [1.29, 1.82) is 0 Å². The molecule has 8 heteroatoms. The first-order valence-corrected chi connectivity index (χ1v) is 9.88. The highest BCUT2D eigenvalue weighted by molar-refractivity contribution is 6.08. The van der Waals surface area contributed by atoms with E-state index in [2.05, 4.69) is 68.3 Å². The van der Waals surface area contributed by atoms with Crippen LogP contribution in [0, 0.1) is 10.1 Å². The molecule has 0 bridgehead atoms. The minimum absolute atomic E-state index is 0.0659. The largest absolute Gasteiger partial charge is 0.349 e. The van der Waals surface area contributed by atoms with Gasteiger partial charge in [-0.1, -0.05) is 36.4 Å². The predicted octanol–water partition coefficient (Wildman–Crippen LogP) is 5.04. The number of hydrogen-bond acceptors (Lipinski definition) is 6. The fraction of sp³-hybridized carbons (Fsp3) is 0.182. The Bertz CT molecular complexity index is 1380. The third kappa shape index (κ3) is 2.27. The van der Waals surface area contributed by atoms with Crippen molar-refractivity contribution >= 4 is 44.2 Å². The van der Waals surface area contributed by atoms with Gasteiger partial charge in [0.1, 0.15) is 6.17 Å². The molecule has 1 aliphatic heterocycles. The average molecular weight is 399 g/mol. The van der Waals surface area contributed by atoms with E-state index < -0.39 is 4.92 Å². The van der Waals surface area contributed by atoms with Crippen LogP contribution in [0.2, 0.25) is 0 Å². The smallest absolute Gasteiger partial charge is 0.300 e. The lowest BCUT2D eigenvalue weighted by Gasteiger charge is -2.29. The Hall–Kier alpha value is -3.94. The molecule has 1 atom stereocenters. The topological polar surface area (TPSA) is 90.2 Å². The molecule has 5 aromatic rings. The lowest BCUT2D eigenvalue weighted by molar-refractivity contribution is -0.383. The van der Waals surface area contributed by atoms with Crippen molar-refractivity contribution < 1.29 is 9.55 Å². The van der Waals surface area contributed by atoms with Gasteiger partial charge in [-0.2, -0.15) is 0 Å². The summed E-state index contributed by atoms with van der Waals surface area (Å²) in [5, 5.41) is 21.6. The molecular weight excluding hydrogens is 382 g/mol. The molecule has 0 aliphatic carbocycles. The number of hydrogen-bond donors (Lipinski definition) is 0. The van der Waals surface area contributed by atoms with E-state index in [0.717, 1.165) is 25.1 Å². The van der Waals surface area contributed by atoms with Crippen LogP contribution in [-0.2, 0) is 0 Å². The van der Waals surface area contributed by atoms with Crippen LogP contribution in [0.25, 0.3) is 32.8 Å². The third-order valence-electron chi connectivity index (χ3n) is 6.02. The summed E-state index contributed by atoms with van der Waals surface area (Å²) in [4.78, 5) is 13.2. The molecule has 0 spiro atoms. The van der Waals surface area contributed by atoms with E-state index in [-0.39, 0.29) is 17.4 Å². The zero-order chi connectivity index (χ0) is 20.2. The fourth-order valence-electron chi connectivity index (χ4n) is 4.79. The second kappa shape index (κ2) is 6.28. The summed E-state index contributed by atoms with van der Waals surface area (Å²) in [5.74, 6) is 0. The highest BCUT2D eigenvalue weighted by Crippen LogP contribution is 2.42. The van der Waals surface area contributed by atoms with E-state index in [1.807, 2.05) is 0 Å². The van der Waals surface area contributed by atoms with E-state index in [1.165, 1.54) is 27.9 Å². The first kappa shape index (κ1) is 17.0. The first-order chi connectivity index (χ1) is 14.7. The van der Waals surface area contributed by atoms with Gasteiger partial charge < -0.3 is 9.47 Å². The predicted molar refractivity (Wildman–Crippen MR) is 114 cm³/mol. The number of nitrogens with zero attached hydrogens (tertiary/aromatic N) is 5. The Morgan fingerprint density at radius 2 is 1.60 bits per heavy atom. The van der Waals surface area contributed by atoms with Gasteiger partial charge in [-0.15, -0.1) is 0 Å². The molecule has 148 valence electrons. The van der Waals surface area contributed by atoms with E-state index in [0.29, 0.717) is 5.52 Å². The maximum absolute atomic E-state index is 11.4. The molecule has 0 radical (unpaired) electrons. The van der Waals surface area contributed by atoms with Gasteiger partial charge in [-0.3, -0.25) is 10.1 Å². The van der Waals surface area contributed by atoms with Crippen LogP contribution in [0.5, 0.6) is 0 Å². The van der Waals surface area contributed by atoms with E-state index in [4.69, 9.17) is 4.63 Å². The van der Waals surface area contributed by atoms with Crippen LogP contribution in [0.4, 0.5) is 11.4 Å². The summed E-state index contributed by atoms with van der Waals surface area (Å²) < 4.78 is 7.26. The standard InChI is InChI=1S/C22H17N5O3/c28-27(29)19-12-11-18(21-22(19)24-30-23-21)25-13-5-10-20(25)26-16-8-3-1-6-14(16)15-7-2-4-9-17(15)26/h1-4,6-9,11-12,20H,5,10,13H2. The number of nitro groups is 1. The molecule has 8 nitrogen and oxygen atoms in total. The molecule has 1 fully saturated rings. The zero-order valence-corrected chi connectivity index (χ0v) is 15.9. The molecule has 3 aromatic carbocycles. The van der Waals surface area contributed by atoms with Crippen LogP contribution in [-0.4, -0.2) is 26.3 Å². The quantitative estimate of drug-likeness (QED) is 0.312. The van der Waals surface area contributed by atoms with Crippen LogP contribution in [0.15, 0.2) is 65.3 Å². The number of benzene rings is 3. The van der Waals surface area contributed by atoms with E-state index in [9.17, 15) is 10.1 Å². The Balaban J connectivity index is 1.57. The van der Waals surface area contributed by atoms with Crippen molar-refractivity contribution in [1.82, 2.24) is 14.9 Å². The Morgan fingerprint density at radius 1 is 0.933 bits per heavy atom. The van der Waals surface area contributed by atoms with Gasteiger partial charge in [-0.25, -0.2) is 4.63 Å². The van der Waals surface area contributed by atoms with Gasteiger partial charge in [0.05, 0.1) is 21.6 Å². The number of non-ortho nitro benzene ring substituents is 1. The van der Waals surface area contributed by atoms with Gasteiger partial charge in [0.15, 0.2) is 5.52 Å². The van der Waals surface area contributed by atoms with Gasteiger partial charge in [0, 0.05) is 23.4 Å². The molecule has 3 heterocycles. The monoisotopic (exact) mass is 399 g/mol. The van der Waals surface area contributed by atoms with Gasteiger partial charge in [0.2, 0.25) is 5.52 Å². The van der Waals surface area contributed by atoms with Gasteiger partial charge >= 0.3 is 5.69 Å². The molecule has 1 aliphatic rings. The summed E-state index contributed by atoms with van der Waals surface area (Å²) >= 11 is 0. The summed E-state index contributed by atoms with van der Waals surface area (Å²) in [5.41, 5.74) is 3.67. The SMILES string of the molecule is O=[N+]([O-])c1ccc(N2CCCC2n2c3ccccc3c3ccccc32)c2nonc12. The molecule has 2 aromatic heterocycles. The maximum atomic E-state index is 11.4. The Kier molecular flexibility index (Phi) is 3.55. The molecule has 6 rings (SSSR count). The second-order valence-electron chi connectivity index (χ2n) is 7.54. The lowest BCUT2D eigenvalue weighted by atomic mass is 10.2. The molecular formula is C22H17N5O3. The average Bonchev–Trinajstić information content (AvgIpc) is 3.49. The van der Waals surface area contributed by atoms with Crippen LogP contribution in [0.3, 0.4) is 0 Å². The highest BCUT2D eigenvalue weighted by atomic mass is 16.6. The molecule has 1 saturated heterocycles. The van der Waals surface area contributed by atoms with Crippen molar-refractivity contribution in [3.63, 3.8) is 0 Å². The summed E-state index contributed by atoms with van der Waals surface area (Å²) in [6.07, 6.45) is 2.04. The van der Waals surface area contributed by atoms with Crippen LogP contribution < -0.4 is 4.90 Å². The highest BCUT2D eigenvalue weighted by Gasteiger charge is 2.32. The maximum Gasteiger partial charge on any atom is 0.300 e. The fourth-order valence-corrected chi connectivity index (χ4v) is 4.79. The van der Waals surface area contributed by atoms with Crippen molar-refractivity contribution in [2.75, 3.05) is 11.4 Å². The molecule has 1 unspecified atom stereocenters. The first-order valence-electron chi connectivity index (χ1n) is 9.88. The van der Waals surface area contributed by atoms with Crippen LogP contribution in [0.1, 0.15) is 19.0 Å². The molecule has 0 saturated carbocycles. The van der Waals surface area contributed by atoms with Crippen molar-refractivity contribution in [3.05, 3.63) is 70.8 Å². The summed E-state index contributed by atoms with van der Waals surface area (Å²) in [7, 11) is 0. The van der Waals surface area contributed by atoms with Gasteiger partial charge in [0.25, 0.3) is 0 Å². The molecule has 0 N–H and O–H groups in total. The minimum Gasteiger partial charge on any atom is -0.349 e. The van der Waals surface area contributed by atoms with E-state index in [1.54, 1.807) is 6.07 Å². The number of para-hydroxylation sites is 2. The number of fused-ring (bicyclic) bond motifs is 4. The van der Waals surface area contributed by atoms with E-state index >= 15 is 0 Å². The van der Waals surface area contributed by atoms with Crippen molar-refractivity contribution in [3.8, 4) is 0 Å². The number of rotatable bonds is 3. The second-order valence-corrected chi connectivity index (χ2v) is 7.54. The number of anilines is 1. The molecule has 30 heavy (non-hydrogen) atoms. The Morgan fingerprint density at radius 3 is 2.30 bits per heavy atom. The molecule has 0 amide bonds. The summed E-state index contributed by atoms with van der Waals surface area (Å²) in [6, 6.07) is 20.1. The normalized spacial score (nSPS) is 16.8. The number of nitro benzene ring substituents is 1. The number of aromatic nitrogens is 3. The summed E-state index contributed by atoms with van der Waals surface area (Å²) in [6.45, 7) is 0.825.